The molecular formula is C11H8Cl2N2O5S. The van der Waals surface area contributed by atoms with Gasteiger partial charge in [-0.05, 0) is 12.1 Å². The third kappa shape index (κ3) is 3.52. The van der Waals surface area contributed by atoms with Gasteiger partial charge in [0, 0.05) is 17.0 Å². The minimum absolute atomic E-state index is 0.0752. The Morgan fingerprint density at radius 1 is 1.38 bits per heavy atom. The van der Waals surface area contributed by atoms with Crippen molar-refractivity contribution in [3.05, 3.63) is 49.3 Å². The largest absolute Gasteiger partial charge is 0.345 e. The number of halogens is 2. The van der Waals surface area contributed by atoms with Gasteiger partial charge in [-0.25, -0.2) is 8.42 Å². The highest BCUT2D eigenvalue weighted by Gasteiger charge is 2.25. The molecule has 10 heteroatoms. The molecule has 0 spiro atoms. The fraction of sp³-hybridized carbons (Fsp3) is 0.182. The Balaban J connectivity index is 2.24. The van der Waals surface area contributed by atoms with E-state index in [-0.39, 0.29) is 21.4 Å². The molecule has 1 aliphatic heterocycles. The molecule has 2 rings (SSSR count). The second-order valence-corrected chi connectivity index (χ2v) is 7.00. The van der Waals surface area contributed by atoms with Crippen LogP contribution in [-0.2, 0) is 9.84 Å². The third-order valence-electron chi connectivity index (χ3n) is 2.71. The highest BCUT2D eigenvalue weighted by molar-refractivity contribution is 7.94. The van der Waals surface area contributed by atoms with E-state index in [9.17, 15) is 23.3 Å². The molecule has 0 aliphatic carbocycles. The molecule has 1 aliphatic rings. The number of nitro groups is 1. The number of nitrogens with zero attached hydrogens (tertiary/aromatic N) is 1. The Kier molecular flexibility index (Phi) is 4.22. The molecule has 1 atom stereocenters. The first-order valence-corrected chi connectivity index (χ1v) is 8.02. The summed E-state index contributed by atoms with van der Waals surface area (Å²) < 4.78 is 22.5. The van der Waals surface area contributed by atoms with E-state index in [0.29, 0.717) is 0 Å². The van der Waals surface area contributed by atoms with Crippen LogP contribution in [0.15, 0.2) is 23.6 Å². The molecule has 7 nitrogen and oxygen atoms in total. The van der Waals surface area contributed by atoms with Crippen LogP contribution in [0.5, 0.6) is 0 Å². The highest BCUT2D eigenvalue weighted by atomic mass is 35.5. The van der Waals surface area contributed by atoms with Gasteiger partial charge in [-0.1, -0.05) is 23.2 Å². The Morgan fingerprint density at radius 2 is 2.05 bits per heavy atom. The molecule has 112 valence electrons. The third-order valence-corrected chi connectivity index (χ3v) is 4.90. The summed E-state index contributed by atoms with van der Waals surface area (Å²) in [5.74, 6) is -0.925. The van der Waals surface area contributed by atoms with Crippen molar-refractivity contribution < 1.29 is 18.1 Å². The summed E-state index contributed by atoms with van der Waals surface area (Å²) in [4.78, 5) is 22.0. The van der Waals surface area contributed by atoms with Crippen molar-refractivity contribution in [2.45, 2.75) is 6.04 Å². The average molecular weight is 351 g/mol. The van der Waals surface area contributed by atoms with Crippen molar-refractivity contribution in [2.75, 3.05) is 5.75 Å². The Hall–Kier alpha value is -1.64. The molecule has 1 unspecified atom stereocenters. The van der Waals surface area contributed by atoms with E-state index < -0.39 is 32.4 Å². The Morgan fingerprint density at radius 3 is 2.57 bits per heavy atom. The molecule has 1 aromatic carbocycles. The summed E-state index contributed by atoms with van der Waals surface area (Å²) in [5.41, 5.74) is -0.572. The quantitative estimate of drug-likeness (QED) is 0.662. The normalized spacial score (nSPS) is 19.4. The smallest absolute Gasteiger partial charge is 0.290 e. The van der Waals surface area contributed by atoms with Crippen molar-refractivity contribution in [3.63, 3.8) is 0 Å². The van der Waals surface area contributed by atoms with E-state index in [1.807, 2.05) is 0 Å². The van der Waals surface area contributed by atoms with Gasteiger partial charge in [0.25, 0.3) is 11.6 Å². The maximum atomic E-state index is 12.0. The van der Waals surface area contributed by atoms with Crippen LogP contribution in [-0.4, -0.2) is 31.0 Å². The van der Waals surface area contributed by atoms with E-state index in [1.54, 1.807) is 0 Å². The average Bonchev–Trinajstić information content (AvgIpc) is 2.71. The van der Waals surface area contributed by atoms with Crippen LogP contribution in [0.3, 0.4) is 0 Å². The van der Waals surface area contributed by atoms with Crippen LogP contribution in [0.25, 0.3) is 0 Å². The summed E-state index contributed by atoms with van der Waals surface area (Å²) in [6.45, 7) is 0. The lowest BCUT2D eigenvalue weighted by Crippen LogP contribution is -2.35. The van der Waals surface area contributed by atoms with Gasteiger partial charge in [0.1, 0.15) is 5.02 Å². The summed E-state index contributed by atoms with van der Waals surface area (Å²) in [6, 6.07) is 1.48. The maximum absolute atomic E-state index is 12.0. The van der Waals surface area contributed by atoms with Crippen molar-refractivity contribution in [2.24, 2.45) is 0 Å². The Labute approximate surface area is 129 Å². The second-order valence-electron chi connectivity index (χ2n) is 4.29. The number of hydrogen-bond donors (Lipinski definition) is 1. The molecule has 1 heterocycles. The van der Waals surface area contributed by atoms with Gasteiger partial charge < -0.3 is 5.32 Å². The lowest BCUT2D eigenvalue weighted by molar-refractivity contribution is -0.384. The zero-order chi connectivity index (χ0) is 15.8. The van der Waals surface area contributed by atoms with Gasteiger partial charge >= 0.3 is 0 Å². The molecule has 0 radical (unpaired) electrons. The zero-order valence-corrected chi connectivity index (χ0v) is 12.6. The fourth-order valence-corrected chi connectivity index (χ4v) is 3.38. The van der Waals surface area contributed by atoms with Crippen molar-refractivity contribution in [3.8, 4) is 0 Å². The standard InChI is InChI=1S/C11H8Cl2N2O5S/c12-8-3-6(4-9(10(8)13)15(17)18)11(16)14-7-1-2-21(19,20)5-7/h1-4,7H,5H2,(H,14,16). The van der Waals surface area contributed by atoms with Crippen LogP contribution in [0, 0.1) is 10.1 Å². The number of sulfone groups is 1. The number of amides is 1. The van der Waals surface area contributed by atoms with Crippen LogP contribution in [0.2, 0.25) is 10.0 Å². The molecule has 21 heavy (non-hydrogen) atoms. The fourth-order valence-electron chi connectivity index (χ4n) is 1.76. The number of hydrogen-bond acceptors (Lipinski definition) is 5. The first-order valence-electron chi connectivity index (χ1n) is 5.55. The molecule has 0 bridgehead atoms. The predicted molar refractivity (Wildman–Crippen MR) is 77.3 cm³/mol. The number of carbonyl (C=O) groups is 1. The SMILES string of the molecule is O=C(NC1C=CS(=O)(=O)C1)c1cc(Cl)c(Cl)c([N+](=O)[O-])c1. The summed E-state index contributed by atoms with van der Waals surface area (Å²) in [7, 11) is -3.31. The first kappa shape index (κ1) is 15.7. The van der Waals surface area contributed by atoms with E-state index in [4.69, 9.17) is 23.2 Å². The number of rotatable bonds is 3. The molecule has 1 aromatic rings. The summed E-state index contributed by atoms with van der Waals surface area (Å²) in [6.07, 6.45) is 1.33. The summed E-state index contributed by atoms with van der Waals surface area (Å²) in [5, 5.41) is 13.9. The zero-order valence-electron chi connectivity index (χ0n) is 10.2. The molecule has 0 fully saturated rings. The molecule has 0 saturated carbocycles. The Bertz CT molecular complexity index is 760. The lowest BCUT2D eigenvalue weighted by Gasteiger charge is -2.10. The van der Waals surface area contributed by atoms with Crippen LogP contribution in [0.1, 0.15) is 10.4 Å². The molecule has 1 N–H and O–H groups in total. The number of carbonyl (C=O) groups excluding carboxylic acids is 1. The monoisotopic (exact) mass is 350 g/mol. The second kappa shape index (κ2) is 5.63. The van der Waals surface area contributed by atoms with E-state index in [2.05, 4.69) is 5.32 Å². The topological polar surface area (TPSA) is 106 Å². The van der Waals surface area contributed by atoms with Crippen molar-refractivity contribution in [1.29, 1.82) is 0 Å². The molecule has 1 amide bonds. The van der Waals surface area contributed by atoms with E-state index >= 15 is 0 Å². The minimum atomic E-state index is -3.31. The molecule has 0 aromatic heterocycles. The number of nitro benzene ring substituents is 1. The first-order chi connectivity index (χ1) is 9.69. The molecule has 0 saturated heterocycles. The van der Waals surface area contributed by atoms with Crippen LogP contribution >= 0.6 is 23.2 Å². The number of benzene rings is 1. The number of nitrogens with one attached hydrogen (secondary N) is 1. The van der Waals surface area contributed by atoms with Gasteiger partial charge in [-0.3, -0.25) is 14.9 Å². The van der Waals surface area contributed by atoms with Crippen LogP contribution in [0.4, 0.5) is 5.69 Å². The lowest BCUT2D eigenvalue weighted by atomic mass is 10.1. The summed E-state index contributed by atoms with van der Waals surface area (Å²) >= 11 is 11.4. The highest BCUT2D eigenvalue weighted by Crippen LogP contribution is 2.33. The van der Waals surface area contributed by atoms with Gasteiger partial charge in [0.05, 0.1) is 21.7 Å². The van der Waals surface area contributed by atoms with Crippen molar-refractivity contribution >= 4 is 44.6 Å². The predicted octanol–water partition coefficient (Wildman–Crippen LogP) is 1.94. The van der Waals surface area contributed by atoms with Gasteiger partial charge in [0.15, 0.2) is 9.84 Å². The van der Waals surface area contributed by atoms with Crippen molar-refractivity contribution in [1.82, 2.24) is 5.32 Å². The van der Waals surface area contributed by atoms with Gasteiger partial charge in [0.2, 0.25) is 0 Å². The maximum Gasteiger partial charge on any atom is 0.290 e. The van der Waals surface area contributed by atoms with E-state index in [1.165, 1.54) is 12.1 Å². The molecular weight excluding hydrogens is 343 g/mol. The van der Waals surface area contributed by atoms with E-state index in [0.717, 1.165) is 11.5 Å². The van der Waals surface area contributed by atoms with Gasteiger partial charge in [-0.15, -0.1) is 0 Å². The van der Waals surface area contributed by atoms with Crippen LogP contribution < -0.4 is 5.32 Å². The minimum Gasteiger partial charge on any atom is -0.345 e. The van der Waals surface area contributed by atoms with Gasteiger partial charge in [-0.2, -0.15) is 0 Å².